The van der Waals surface area contributed by atoms with Gasteiger partial charge in [-0.05, 0) is 46.5 Å². The molecule has 0 unspecified atom stereocenters. The fraction of sp³-hybridized carbons (Fsp3) is 0.300. The van der Waals surface area contributed by atoms with E-state index in [0.717, 1.165) is 35.0 Å². The smallest absolute Gasteiger partial charge is 0.209 e. The molecule has 6 nitrogen and oxygen atoms in total. The third-order valence-electron chi connectivity index (χ3n) is 4.62. The number of carbonyl (C=O) groups excluding carboxylic acids is 1. The topological polar surface area (TPSA) is 69.9 Å². The maximum absolute atomic E-state index is 12.6. The van der Waals surface area contributed by atoms with Crippen molar-refractivity contribution in [3.63, 3.8) is 0 Å². The largest absolute Gasteiger partial charge is 0.376 e. The quantitative estimate of drug-likeness (QED) is 0.389. The van der Waals surface area contributed by atoms with Gasteiger partial charge in [0.05, 0.1) is 18.4 Å². The molecule has 0 bridgehead atoms. The van der Waals surface area contributed by atoms with E-state index in [4.69, 9.17) is 4.74 Å². The van der Waals surface area contributed by atoms with Crippen LogP contribution in [0.25, 0.3) is 11.1 Å². The Hall–Kier alpha value is -2.03. The predicted octanol–water partition coefficient (Wildman–Crippen LogP) is 4.26. The summed E-state index contributed by atoms with van der Waals surface area (Å²) in [6.07, 6.45) is 2.25. The average molecular weight is 459 g/mol. The first-order chi connectivity index (χ1) is 13.7. The average Bonchev–Trinajstić information content (AvgIpc) is 3.39. The van der Waals surface area contributed by atoms with E-state index < -0.39 is 0 Å². The molecule has 1 saturated heterocycles. The number of hydrogen-bond donors (Lipinski definition) is 0. The molecular weight excluding hydrogens is 440 g/mol. The Labute approximate surface area is 175 Å². The maximum Gasteiger partial charge on any atom is 0.209 e. The highest BCUT2D eigenvalue weighted by Crippen LogP contribution is 2.23. The third kappa shape index (κ3) is 4.68. The Balaban J connectivity index is 1.36. The lowest BCUT2D eigenvalue weighted by molar-refractivity contribution is 0.0912. The zero-order valence-electron chi connectivity index (χ0n) is 15.1. The molecule has 2 aromatic carbocycles. The van der Waals surface area contributed by atoms with Crippen LogP contribution in [-0.2, 0) is 11.3 Å². The van der Waals surface area contributed by atoms with Crippen LogP contribution in [0, 0.1) is 0 Å². The first-order valence-corrected chi connectivity index (χ1v) is 10.9. The number of ether oxygens (including phenoxy) is 1. The second-order valence-corrected chi connectivity index (χ2v) is 8.43. The molecule has 0 amide bonds. The highest BCUT2D eigenvalue weighted by Gasteiger charge is 2.19. The molecule has 0 aliphatic carbocycles. The number of ketones is 1. The number of tetrazole rings is 1. The van der Waals surface area contributed by atoms with Crippen LogP contribution >= 0.6 is 27.7 Å². The van der Waals surface area contributed by atoms with Gasteiger partial charge in [0.15, 0.2) is 5.78 Å². The molecule has 0 N–H and O–H groups in total. The molecule has 0 saturated carbocycles. The van der Waals surface area contributed by atoms with Crippen molar-refractivity contribution in [1.29, 1.82) is 0 Å². The van der Waals surface area contributed by atoms with Gasteiger partial charge >= 0.3 is 0 Å². The Kier molecular flexibility index (Phi) is 6.19. The molecule has 0 spiro atoms. The van der Waals surface area contributed by atoms with E-state index in [2.05, 4.69) is 31.5 Å². The molecule has 1 atom stereocenters. The monoisotopic (exact) mass is 458 g/mol. The van der Waals surface area contributed by atoms with Crippen molar-refractivity contribution >= 4 is 33.5 Å². The van der Waals surface area contributed by atoms with E-state index in [9.17, 15) is 4.79 Å². The van der Waals surface area contributed by atoms with Crippen molar-refractivity contribution in [3.8, 4) is 11.1 Å². The van der Waals surface area contributed by atoms with Crippen molar-refractivity contribution < 1.29 is 9.53 Å². The van der Waals surface area contributed by atoms with Gasteiger partial charge in [0.2, 0.25) is 5.16 Å². The standard InChI is InChI=1S/C20H19BrN4O2S/c21-17-9-7-15(8-10-17)14-3-5-16(6-4-14)19(26)13-28-20-22-23-24-25(20)12-18-2-1-11-27-18/h3-10,18H,1-2,11-13H2/t18-/m0/s1. The third-order valence-corrected chi connectivity index (χ3v) is 6.10. The van der Waals surface area contributed by atoms with Gasteiger partial charge in [0.1, 0.15) is 0 Å². The van der Waals surface area contributed by atoms with E-state index >= 15 is 0 Å². The van der Waals surface area contributed by atoms with Crippen molar-refractivity contribution in [2.45, 2.75) is 30.6 Å². The predicted molar refractivity (Wildman–Crippen MR) is 111 cm³/mol. The number of hydrogen-bond acceptors (Lipinski definition) is 6. The van der Waals surface area contributed by atoms with Crippen molar-refractivity contribution in [1.82, 2.24) is 20.2 Å². The number of Topliss-reactive ketones (excluding diaryl/α,β-unsaturated/α-hetero) is 1. The van der Waals surface area contributed by atoms with E-state index in [-0.39, 0.29) is 11.9 Å². The van der Waals surface area contributed by atoms with Gasteiger partial charge in [0, 0.05) is 16.6 Å². The van der Waals surface area contributed by atoms with Crippen molar-refractivity contribution in [2.75, 3.05) is 12.4 Å². The first kappa shape index (κ1) is 19.3. The molecule has 144 valence electrons. The molecule has 1 fully saturated rings. The van der Waals surface area contributed by atoms with E-state index in [1.165, 1.54) is 11.8 Å². The molecule has 3 aromatic rings. The molecule has 0 radical (unpaired) electrons. The van der Waals surface area contributed by atoms with Crippen LogP contribution in [0.2, 0.25) is 0 Å². The first-order valence-electron chi connectivity index (χ1n) is 9.09. The van der Waals surface area contributed by atoms with Crippen LogP contribution in [0.4, 0.5) is 0 Å². The number of carbonyl (C=O) groups is 1. The van der Waals surface area contributed by atoms with E-state index in [0.29, 0.717) is 23.0 Å². The summed E-state index contributed by atoms with van der Waals surface area (Å²) >= 11 is 4.80. The summed E-state index contributed by atoms with van der Waals surface area (Å²) in [5, 5.41) is 12.4. The summed E-state index contributed by atoms with van der Waals surface area (Å²) in [6, 6.07) is 15.8. The van der Waals surface area contributed by atoms with Gasteiger partial charge in [-0.25, -0.2) is 4.68 Å². The highest BCUT2D eigenvalue weighted by atomic mass is 79.9. The summed E-state index contributed by atoms with van der Waals surface area (Å²) in [5.74, 6) is 0.350. The second kappa shape index (κ2) is 8.98. The minimum Gasteiger partial charge on any atom is -0.376 e. The van der Waals surface area contributed by atoms with E-state index in [1.807, 2.05) is 48.5 Å². The van der Waals surface area contributed by atoms with E-state index in [1.54, 1.807) is 4.68 Å². The number of halogens is 1. The molecule has 8 heteroatoms. The number of rotatable bonds is 7. The molecule has 1 aliphatic heterocycles. The van der Waals surface area contributed by atoms with Crippen LogP contribution in [0.15, 0.2) is 58.2 Å². The maximum atomic E-state index is 12.6. The van der Waals surface area contributed by atoms with Gasteiger partial charge in [0.25, 0.3) is 0 Å². The van der Waals surface area contributed by atoms with Gasteiger partial charge in [-0.3, -0.25) is 4.79 Å². The summed E-state index contributed by atoms with van der Waals surface area (Å²) in [5.41, 5.74) is 2.88. The Bertz CT molecular complexity index is 938. The second-order valence-electron chi connectivity index (χ2n) is 6.57. The zero-order chi connectivity index (χ0) is 19.3. The van der Waals surface area contributed by atoms with Crippen LogP contribution in [-0.4, -0.2) is 44.5 Å². The molecule has 2 heterocycles. The van der Waals surface area contributed by atoms with Gasteiger partial charge < -0.3 is 4.74 Å². The van der Waals surface area contributed by atoms with Crippen molar-refractivity contribution in [2.24, 2.45) is 0 Å². The minimum atomic E-state index is 0.0547. The number of nitrogens with zero attached hydrogens (tertiary/aromatic N) is 4. The summed E-state index contributed by atoms with van der Waals surface area (Å²) in [6.45, 7) is 1.43. The number of aromatic nitrogens is 4. The molecule has 1 aromatic heterocycles. The normalized spacial score (nSPS) is 16.4. The summed E-state index contributed by atoms with van der Waals surface area (Å²) < 4.78 is 8.41. The van der Waals surface area contributed by atoms with Crippen LogP contribution in [0.5, 0.6) is 0 Å². The van der Waals surface area contributed by atoms with Crippen LogP contribution in [0.1, 0.15) is 23.2 Å². The summed E-state index contributed by atoms with van der Waals surface area (Å²) in [7, 11) is 0. The summed E-state index contributed by atoms with van der Waals surface area (Å²) in [4.78, 5) is 12.6. The van der Waals surface area contributed by atoms with Gasteiger partial charge in [-0.15, -0.1) is 5.10 Å². The number of benzene rings is 2. The van der Waals surface area contributed by atoms with Gasteiger partial charge in [-0.1, -0.05) is 64.1 Å². The molecule has 28 heavy (non-hydrogen) atoms. The van der Waals surface area contributed by atoms with Crippen LogP contribution in [0.3, 0.4) is 0 Å². The SMILES string of the molecule is O=C(CSc1nnnn1C[C@@H]1CCCO1)c1ccc(-c2ccc(Br)cc2)cc1. The fourth-order valence-corrected chi connectivity index (χ4v) is 4.15. The minimum absolute atomic E-state index is 0.0547. The Morgan fingerprint density at radius 2 is 1.86 bits per heavy atom. The number of thioether (sulfide) groups is 1. The lowest BCUT2D eigenvalue weighted by atomic mass is 10.0. The Morgan fingerprint density at radius 1 is 1.14 bits per heavy atom. The van der Waals surface area contributed by atoms with Crippen LogP contribution < -0.4 is 0 Å². The zero-order valence-corrected chi connectivity index (χ0v) is 17.5. The lowest BCUT2D eigenvalue weighted by Gasteiger charge is -2.09. The van der Waals surface area contributed by atoms with Crippen molar-refractivity contribution in [3.05, 3.63) is 58.6 Å². The fourth-order valence-electron chi connectivity index (χ4n) is 3.10. The lowest BCUT2D eigenvalue weighted by Crippen LogP contribution is -2.17. The molecule has 1 aliphatic rings. The Morgan fingerprint density at radius 3 is 2.54 bits per heavy atom. The highest BCUT2D eigenvalue weighted by molar-refractivity contribution is 9.10. The molecule has 4 rings (SSSR count). The van der Waals surface area contributed by atoms with Gasteiger partial charge in [-0.2, -0.15) is 0 Å². The molecular formula is C20H19BrN4O2S.